The number of ether oxygens (including phenoxy) is 2. The maximum Gasteiger partial charge on any atom is 0.333 e. The van der Waals surface area contributed by atoms with E-state index in [1.165, 1.54) is 0 Å². The molecule has 0 atom stereocenters. The van der Waals surface area contributed by atoms with Crippen LogP contribution in [0.1, 0.15) is 38.8 Å². The third-order valence-electron chi connectivity index (χ3n) is 5.19. The maximum absolute atomic E-state index is 11.5. The Labute approximate surface area is 194 Å². The van der Waals surface area contributed by atoms with E-state index in [0.29, 0.717) is 28.3 Å². The van der Waals surface area contributed by atoms with Crippen molar-refractivity contribution in [3.05, 3.63) is 71.8 Å². The van der Waals surface area contributed by atoms with Gasteiger partial charge in [-0.3, -0.25) is 0 Å². The molecule has 0 aliphatic heterocycles. The molecule has 33 heavy (non-hydrogen) atoms. The summed E-state index contributed by atoms with van der Waals surface area (Å²) in [5.41, 5.74) is 2.84. The van der Waals surface area contributed by atoms with Crippen molar-refractivity contribution >= 4 is 28.1 Å². The summed E-state index contributed by atoms with van der Waals surface area (Å²) in [7, 11) is 0. The van der Waals surface area contributed by atoms with E-state index >= 15 is 0 Å². The fourth-order valence-corrected chi connectivity index (χ4v) is 3.37. The number of nitrogens with zero attached hydrogens (tertiary/aromatic N) is 2. The molecule has 3 rings (SSSR count). The Balaban J connectivity index is 1.91. The zero-order chi connectivity index (χ0) is 24.2. The van der Waals surface area contributed by atoms with Crippen molar-refractivity contribution in [2.75, 3.05) is 13.2 Å². The highest BCUT2D eigenvalue weighted by molar-refractivity contribution is 5.94. The third kappa shape index (κ3) is 5.77. The number of esters is 1. The number of phenolic OH excluding ortho intramolecular Hbond substituents is 1. The van der Waals surface area contributed by atoms with Gasteiger partial charge in [0.25, 0.3) is 0 Å². The molecule has 3 aromatic rings. The first kappa shape index (κ1) is 24.0. The van der Waals surface area contributed by atoms with Crippen molar-refractivity contribution in [1.82, 2.24) is 0 Å². The van der Waals surface area contributed by atoms with Crippen LogP contribution in [-0.2, 0) is 14.9 Å². The highest BCUT2D eigenvalue weighted by Gasteiger charge is 2.22. The van der Waals surface area contributed by atoms with Gasteiger partial charge in [-0.1, -0.05) is 57.7 Å². The fraction of sp³-hybridized carbons (Fsp3) is 0.296. The van der Waals surface area contributed by atoms with Gasteiger partial charge >= 0.3 is 5.97 Å². The van der Waals surface area contributed by atoms with Gasteiger partial charge in [0, 0.05) is 22.6 Å². The number of hydrogen-bond donors (Lipinski definition) is 1. The molecule has 0 amide bonds. The molecule has 0 aliphatic rings. The van der Waals surface area contributed by atoms with Gasteiger partial charge in [-0.25, -0.2) is 4.79 Å². The topological polar surface area (TPSA) is 80.5 Å². The molecule has 6 nitrogen and oxygen atoms in total. The summed E-state index contributed by atoms with van der Waals surface area (Å²) in [6, 6.07) is 15.3. The molecule has 0 unspecified atom stereocenters. The lowest BCUT2D eigenvalue weighted by atomic mass is 9.86. The maximum atomic E-state index is 11.5. The number of phenols is 1. The number of benzene rings is 3. The quantitative estimate of drug-likeness (QED) is 0.182. The molecular weight excluding hydrogens is 416 g/mol. The van der Waals surface area contributed by atoms with Crippen LogP contribution in [0, 0.1) is 6.92 Å². The van der Waals surface area contributed by atoms with E-state index in [2.05, 4.69) is 23.7 Å². The Morgan fingerprint density at radius 2 is 1.67 bits per heavy atom. The van der Waals surface area contributed by atoms with Gasteiger partial charge in [0.05, 0.1) is 5.69 Å². The van der Waals surface area contributed by atoms with Crippen LogP contribution in [0.4, 0.5) is 11.4 Å². The number of azo groups is 1. The Morgan fingerprint density at radius 1 is 1.00 bits per heavy atom. The van der Waals surface area contributed by atoms with E-state index in [9.17, 15) is 9.90 Å². The van der Waals surface area contributed by atoms with E-state index in [1.54, 1.807) is 19.1 Å². The highest BCUT2D eigenvalue weighted by Crippen LogP contribution is 2.42. The molecule has 0 radical (unpaired) electrons. The summed E-state index contributed by atoms with van der Waals surface area (Å²) in [5, 5.41) is 21.8. The van der Waals surface area contributed by atoms with E-state index in [0.717, 1.165) is 16.3 Å². The second-order valence-corrected chi connectivity index (χ2v) is 9.00. The van der Waals surface area contributed by atoms with Crippen LogP contribution < -0.4 is 4.74 Å². The van der Waals surface area contributed by atoms with Gasteiger partial charge in [0.1, 0.15) is 30.4 Å². The minimum absolute atomic E-state index is 0.0590. The van der Waals surface area contributed by atoms with Gasteiger partial charge < -0.3 is 14.6 Å². The van der Waals surface area contributed by atoms with Crippen molar-refractivity contribution in [2.24, 2.45) is 10.2 Å². The predicted molar refractivity (Wildman–Crippen MR) is 131 cm³/mol. The summed E-state index contributed by atoms with van der Waals surface area (Å²) >= 11 is 0. The SMILES string of the molecule is C=C(C)C(=O)OCCOc1cc(N=Nc2ccc(C)c3ccccc23)c(O)c(C(C)(C)C)c1. The second-order valence-electron chi connectivity index (χ2n) is 9.00. The number of carbonyl (C=O) groups is 1. The lowest BCUT2D eigenvalue weighted by Gasteiger charge is -2.22. The van der Waals surface area contributed by atoms with Gasteiger partial charge in [-0.05, 0) is 42.3 Å². The minimum atomic E-state index is -0.459. The minimum Gasteiger partial charge on any atom is -0.505 e. The summed E-state index contributed by atoms with van der Waals surface area (Å²) in [6.07, 6.45) is 0. The Hall–Kier alpha value is -3.67. The lowest BCUT2D eigenvalue weighted by molar-refractivity contribution is -0.139. The van der Waals surface area contributed by atoms with Crippen LogP contribution in [0.15, 0.2) is 70.9 Å². The van der Waals surface area contributed by atoms with E-state index in [-0.39, 0.29) is 24.4 Å². The van der Waals surface area contributed by atoms with Crippen LogP contribution in [0.2, 0.25) is 0 Å². The van der Waals surface area contributed by atoms with Crippen molar-refractivity contribution in [1.29, 1.82) is 0 Å². The first-order valence-electron chi connectivity index (χ1n) is 10.8. The molecule has 0 aromatic heterocycles. The normalized spacial score (nSPS) is 11.7. The predicted octanol–water partition coefficient (Wildman–Crippen LogP) is 7.06. The number of carbonyl (C=O) groups excluding carboxylic acids is 1. The lowest BCUT2D eigenvalue weighted by Crippen LogP contribution is -2.14. The van der Waals surface area contributed by atoms with E-state index in [4.69, 9.17) is 9.47 Å². The number of rotatable bonds is 7. The molecule has 0 saturated carbocycles. The summed E-state index contributed by atoms with van der Waals surface area (Å²) in [6.45, 7) is 13.4. The Morgan fingerprint density at radius 3 is 2.33 bits per heavy atom. The van der Waals surface area contributed by atoms with Crippen molar-refractivity contribution in [3.8, 4) is 11.5 Å². The van der Waals surface area contributed by atoms with Gasteiger partial charge in [-0.2, -0.15) is 0 Å². The number of hydrogen-bond acceptors (Lipinski definition) is 6. The van der Waals surface area contributed by atoms with Crippen molar-refractivity contribution in [2.45, 2.75) is 40.0 Å². The second kappa shape index (κ2) is 9.86. The van der Waals surface area contributed by atoms with Crippen molar-refractivity contribution < 1.29 is 19.4 Å². The Bertz CT molecular complexity index is 1220. The standard InChI is InChI=1S/C27H30N2O4/c1-17(2)26(31)33-14-13-32-19-15-22(27(4,5)6)25(30)24(16-19)29-28-23-12-11-18(3)20-9-7-8-10-21(20)23/h7-12,15-16,30H,1,13-14H2,2-6H3. The molecule has 0 heterocycles. The summed E-state index contributed by atoms with van der Waals surface area (Å²) in [5.74, 6) is 0.107. The van der Waals surface area contributed by atoms with E-state index in [1.807, 2.05) is 57.2 Å². The number of fused-ring (bicyclic) bond motifs is 1. The van der Waals surface area contributed by atoms with Crippen LogP contribution in [-0.4, -0.2) is 24.3 Å². The van der Waals surface area contributed by atoms with Crippen LogP contribution >= 0.6 is 0 Å². The van der Waals surface area contributed by atoms with Crippen LogP contribution in [0.3, 0.4) is 0 Å². The highest BCUT2D eigenvalue weighted by atomic mass is 16.6. The average molecular weight is 447 g/mol. The van der Waals surface area contributed by atoms with Crippen LogP contribution in [0.5, 0.6) is 11.5 Å². The molecule has 0 aliphatic carbocycles. The fourth-order valence-electron chi connectivity index (χ4n) is 3.37. The molecule has 172 valence electrons. The Kier molecular flexibility index (Phi) is 7.16. The monoisotopic (exact) mass is 446 g/mol. The molecule has 0 saturated heterocycles. The third-order valence-corrected chi connectivity index (χ3v) is 5.19. The molecule has 6 heteroatoms. The molecule has 1 N–H and O–H groups in total. The number of aryl methyl sites for hydroxylation is 1. The zero-order valence-corrected chi connectivity index (χ0v) is 19.8. The van der Waals surface area contributed by atoms with Gasteiger partial charge in [0.15, 0.2) is 0 Å². The average Bonchev–Trinajstić information content (AvgIpc) is 2.76. The van der Waals surface area contributed by atoms with Crippen molar-refractivity contribution in [3.63, 3.8) is 0 Å². The molecule has 0 fully saturated rings. The van der Waals surface area contributed by atoms with E-state index < -0.39 is 5.97 Å². The molecule has 0 bridgehead atoms. The van der Waals surface area contributed by atoms with Gasteiger partial charge in [-0.15, -0.1) is 10.2 Å². The first-order valence-corrected chi connectivity index (χ1v) is 10.8. The zero-order valence-electron chi connectivity index (χ0n) is 19.8. The largest absolute Gasteiger partial charge is 0.505 e. The van der Waals surface area contributed by atoms with Gasteiger partial charge in [0.2, 0.25) is 0 Å². The number of aromatic hydroxyl groups is 1. The first-order chi connectivity index (χ1) is 15.6. The summed E-state index contributed by atoms with van der Waals surface area (Å²) in [4.78, 5) is 11.5. The smallest absolute Gasteiger partial charge is 0.333 e. The van der Waals surface area contributed by atoms with Crippen LogP contribution in [0.25, 0.3) is 10.8 Å². The molecule has 3 aromatic carbocycles. The summed E-state index contributed by atoms with van der Waals surface area (Å²) < 4.78 is 10.9. The molecular formula is C27H30N2O4. The molecule has 0 spiro atoms.